The van der Waals surface area contributed by atoms with Crippen molar-refractivity contribution in [3.63, 3.8) is 0 Å². The lowest BCUT2D eigenvalue weighted by atomic mass is 9.84. The van der Waals surface area contributed by atoms with E-state index < -0.39 is 5.97 Å². The van der Waals surface area contributed by atoms with Crippen LogP contribution in [-0.4, -0.2) is 27.6 Å². The summed E-state index contributed by atoms with van der Waals surface area (Å²) in [6, 6.07) is 0. The van der Waals surface area contributed by atoms with Gasteiger partial charge in [0.05, 0.1) is 0 Å². The van der Waals surface area contributed by atoms with Gasteiger partial charge in [0.2, 0.25) is 5.89 Å². The SMILES string of the molecule is CC1(c2nc(C(=O)O)co2)CCSCC1. The molecule has 1 aromatic rings. The number of aromatic nitrogens is 1. The molecule has 15 heavy (non-hydrogen) atoms. The van der Waals surface area contributed by atoms with Gasteiger partial charge < -0.3 is 9.52 Å². The Balaban J connectivity index is 2.23. The lowest BCUT2D eigenvalue weighted by Gasteiger charge is -2.29. The maximum atomic E-state index is 10.7. The standard InChI is InChI=1S/C10H13NO3S/c1-10(2-4-15-5-3-10)9-11-7(6-14-9)8(12)13/h6H,2-5H2,1H3,(H,12,13). The molecule has 0 bridgehead atoms. The first-order valence-corrected chi connectivity index (χ1v) is 6.04. The van der Waals surface area contributed by atoms with Crippen LogP contribution in [0.2, 0.25) is 0 Å². The second-order valence-electron chi connectivity index (χ2n) is 4.02. The van der Waals surface area contributed by atoms with E-state index in [0.717, 1.165) is 24.3 Å². The number of hydrogen-bond donors (Lipinski definition) is 1. The van der Waals surface area contributed by atoms with Crippen molar-refractivity contribution < 1.29 is 14.3 Å². The van der Waals surface area contributed by atoms with Gasteiger partial charge in [0.1, 0.15) is 6.26 Å². The lowest BCUT2D eigenvalue weighted by Crippen LogP contribution is -2.27. The van der Waals surface area contributed by atoms with Gasteiger partial charge in [0.25, 0.3) is 0 Å². The van der Waals surface area contributed by atoms with Crippen LogP contribution in [0.25, 0.3) is 0 Å². The van der Waals surface area contributed by atoms with Crippen LogP contribution < -0.4 is 0 Å². The topological polar surface area (TPSA) is 63.3 Å². The summed E-state index contributed by atoms with van der Waals surface area (Å²) in [7, 11) is 0. The number of carboxylic acids is 1. The van der Waals surface area contributed by atoms with E-state index in [1.165, 1.54) is 6.26 Å². The summed E-state index contributed by atoms with van der Waals surface area (Å²) in [6.07, 6.45) is 3.22. The Morgan fingerprint density at radius 1 is 1.60 bits per heavy atom. The molecule has 0 saturated carbocycles. The van der Waals surface area contributed by atoms with E-state index in [4.69, 9.17) is 9.52 Å². The van der Waals surface area contributed by atoms with E-state index in [2.05, 4.69) is 11.9 Å². The first kappa shape index (κ1) is 10.5. The van der Waals surface area contributed by atoms with E-state index in [1.54, 1.807) is 0 Å². The van der Waals surface area contributed by atoms with Gasteiger partial charge >= 0.3 is 5.97 Å². The van der Waals surface area contributed by atoms with Crippen LogP contribution in [0.1, 0.15) is 36.1 Å². The highest BCUT2D eigenvalue weighted by atomic mass is 32.2. The minimum atomic E-state index is -1.03. The molecular formula is C10H13NO3S. The van der Waals surface area contributed by atoms with Gasteiger partial charge in [-0.15, -0.1) is 0 Å². The van der Waals surface area contributed by atoms with Crippen molar-refractivity contribution in [1.29, 1.82) is 0 Å². The molecule has 2 rings (SSSR count). The van der Waals surface area contributed by atoms with Gasteiger partial charge in [0.15, 0.2) is 5.69 Å². The van der Waals surface area contributed by atoms with Gasteiger partial charge in [-0.2, -0.15) is 11.8 Å². The summed E-state index contributed by atoms with van der Waals surface area (Å²) < 4.78 is 5.27. The van der Waals surface area contributed by atoms with Crippen molar-refractivity contribution in [2.24, 2.45) is 0 Å². The van der Waals surface area contributed by atoms with Crippen LogP contribution in [0.5, 0.6) is 0 Å². The van der Waals surface area contributed by atoms with Crippen molar-refractivity contribution in [2.75, 3.05) is 11.5 Å². The quantitative estimate of drug-likeness (QED) is 0.838. The predicted molar refractivity (Wildman–Crippen MR) is 57.4 cm³/mol. The zero-order valence-electron chi connectivity index (χ0n) is 8.52. The normalized spacial score (nSPS) is 20.1. The van der Waals surface area contributed by atoms with E-state index >= 15 is 0 Å². The summed E-state index contributed by atoms with van der Waals surface area (Å²) in [4.78, 5) is 14.7. The smallest absolute Gasteiger partial charge is 0.357 e. The van der Waals surface area contributed by atoms with Crippen molar-refractivity contribution in [3.05, 3.63) is 17.8 Å². The summed E-state index contributed by atoms with van der Waals surface area (Å²) >= 11 is 1.92. The maximum Gasteiger partial charge on any atom is 0.357 e. The number of carboxylic acid groups (broad SMARTS) is 1. The molecule has 1 fully saturated rings. The van der Waals surface area contributed by atoms with Crippen LogP contribution >= 0.6 is 11.8 Å². The third kappa shape index (κ3) is 2.02. The Kier molecular flexibility index (Phi) is 2.73. The number of hydrogen-bond acceptors (Lipinski definition) is 4. The molecule has 4 nitrogen and oxygen atoms in total. The average molecular weight is 227 g/mol. The molecule has 0 unspecified atom stereocenters. The van der Waals surface area contributed by atoms with Crippen molar-refractivity contribution >= 4 is 17.7 Å². The fourth-order valence-electron chi connectivity index (χ4n) is 1.68. The molecule has 1 saturated heterocycles. The van der Waals surface area contributed by atoms with Crippen molar-refractivity contribution in [3.8, 4) is 0 Å². The predicted octanol–water partition coefficient (Wildman–Crippen LogP) is 2.16. The molecule has 5 heteroatoms. The maximum absolute atomic E-state index is 10.7. The molecule has 0 radical (unpaired) electrons. The van der Waals surface area contributed by atoms with E-state index in [9.17, 15) is 4.79 Å². The Morgan fingerprint density at radius 3 is 2.80 bits per heavy atom. The van der Waals surface area contributed by atoms with Gasteiger partial charge in [-0.3, -0.25) is 0 Å². The zero-order chi connectivity index (χ0) is 10.9. The van der Waals surface area contributed by atoms with E-state index in [1.807, 2.05) is 11.8 Å². The Morgan fingerprint density at radius 2 is 2.27 bits per heavy atom. The largest absolute Gasteiger partial charge is 0.476 e. The summed E-state index contributed by atoms with van der Waals surface area (Å²) in [5.41, 5.74) is -0.0803. The lowest BCUT2D eigenvalue weighted by molar-refractivity contribution is 0.0690. The second kappa shape index (κ2) is 3.89. The average Bonchev–Trinajstić information content (AvgIpc) is 2.68. The first-order valence-electron chi connectivity index (χ1n) is 4.89. The molecule has 1 aromatic heterocycles. The molecule has 2 heterocycles. The minimum absolute atomic E-state index is 0.00412. The van der Waals surface area contributed by atoms with Crippen LogP contribution in [-0.2, 0) is 5.41 Å². The highest BCUT2D eigenvalue weighted by Gasteiger charge is 2.34. The molecule has 1 aliphatic heterocycles. The molecule has 0 amide bonds. The van der Waals surface area contributed by atoms with E-state index in [0.29, 0.717) is 5.89 Å². The molecule has 1 N–H and O–H groups in total. The van der Waals surface area contributed by atoms with Gasteiger partial charge in [0, 0.05) is 5.41 Å². The number of carbonyl (C=O) groups is 1. The van der Waals surface area contributed by atoms with Gasteiger partial charge in [-0.25, -0.2) is 9.78 Å². The van der Waals surface area contributed by atoms with Gasteiger partial charge in [-0.05, 0) is 24.3 Å². The molecule has 82 valence electrons. The second-order valence-corrected chi connectivity index (χ2v) is 5.24. The number of rotatable bonds is 2. The Hall–Kier alpha value is -0.970. The summed E-state index contributed by atoms with van der Waals surface area (Å²) in [5, 5.41) is 8.75. The fourth-order valence-corrected chi connectivity index (χ4v) is 3.08. The number of thioether (sulfide) groups is 1. The molecule has 0 atom stereocenters. The molecule has 1 aliphatic rings. The molecular weight excluding hydrogens is 214 g/mol. The third-order valence-electron chi connectivity index (χ3n) is 2.84. The minimum Gasteiger partial charge on any atom is -0.476 e. The molecule has 0 aliphatic carbocycles. The highest BCUT2D eigenvalue weighted by Crippen LogP contribution is 2.37. The summed E-state index contributed by atoms with van der Waals surface area (Å²) in [6.45, 7) is 2.09. The fraction of sp³-hybridized carbons (Fsp3) is 0.600. The summed E-state index contributed by atoms with van der Waals surface area (Å²) in [5.74, 6) is 1.71. The van der Waals surface area contributed by atoms with Crippen molar-refractivity contribution in [2.45, 2.75) is 25.2 Å². The zero-order valence-corrected chi connectivity index (χ0v) is 9.34. The highest BCUT2D eigenvalue weighted by molar-refractivity contribution is 7.99. The monoisotopic (exact) mass is 227 g/mol. The Labute approximate surface area is 92.1 Å². The van der Waals surface area contributed by atoms with E-state index in [-0.39, 0.29) is 11.1 Å². The third-order valence-corrected chi connectivity index (χ3v) is 3.82. The molecule has 0 spiro atoms. The van der Waals surface area contributed by atoms with Gasteiger partial charge in [-0.1, -0.05) is 6.92 Å². The van der Waals surface area contributed by atoms with Crippen LogP contribution in [0, 0.1) is 0 Å². The number of oxazole rings is 1. The Bertz CT molecular complexity index is 368. The number of nitrogens with zero attached hydrogens (tertiary/aromatic N) is 1. The van der Waals surface area contributed by atoms with Crippen LogP contribution in [0.15, 0.2) is 10.7 Å². The number of aromatic carboxylic acids is 1. The van der Waals surface area contributed by atoms with Crippen LogP contribution in [0.4, 0.5) is 0 Å². The van der Waals surface area contributed by atoms with Crippen LogP contribution in [0.3, 0.4) is 0 Å². The molecule has 0 aromatic carbocycles. The first-order chi connectivity index (χ1) is 7.12. The van der Waals surface area contributed by atoms with Crippen molar-refractivity contribution in [1.82, 2.24) is 4.98 Å².